The quantitative estimate of drug-likeness (QED) is 0.922. The predicted octanol–water partition coefficient (Wildman–Crippen LogP) is 3.52. The monoisotopic (exact) mass is 300 g/mol. The third-order valence-electron chi connectivity index (χ3n) is 3.72. The van der Waals surface area contributed by atoms with E-state index in [9.17, 15) is 18.0 Å². The number of carbonyl (C=O) groups is 1. The maximum Gasteiger partial charge on any atom is 0.416 e. The van der Waals surface area contributed by atoms with Crippen LogP contribution in [0.4, 0.5) is 18.9 Å². The van der Waals surface area contributed by atoms with Crippen molar-refractivity contribution < 1.29 is 18.0 Å². The highest BCUT2D eigenvalue weighted by Gasteiger charge is 2.30. The van der Waals surface area contributed by atoms with Gasteiger partial charge in [-0.15, -0.1) is 0 Å². The average Bonchev–Trinajstić information content (AvgIpc) is 2.91. The maximum absolute atomic E-state index is 12.6. The van der Waals surface area contributed by atoms with Crippen molar-refractivity contribution in [3.8, 4) is 0 Å². The van der Waals surface area contributed by atoms with Gasteiger partial charge < -0.3 is 10.2 Å². The van der Waals surface area contributed by atoms with E-state index in [4.69, 9.17) is 0 Å². The third-order valence-corrected chi connectivity index (χ3v) is 3.72. The second-order valence-corrected chi connectivity index (χ2v) is 5.42. The van der Waals surface area contributed by atoms with Crippen LogP contribution >= 0.6 is 0 Å². The summed E-state index contributed by atoms with van der Waals surface area (Å²) in [6, 6.07) is 4.81. The van der Waals surface area contributed by atoms with E-state index in [0.29, 0.717) is 0 Å². The Morgan fingerprint density at radius 3 is 2.62 bits per heavy atom. The molecule has 1 N–H and O–H groups in total. The molecule has 1 aliphatic rings. The Hall–Kier alpha value is -1.56. The average molecular weight is 300 g/mol. The Bertz CT molecular complexity index is 496. The minimum absolute atomic E-state index is 0.110. The summed E-state index contributed by atoms with van der Waals surface area (Å²) < 4.78 is 37.8. The molecular formula is C15H19F3N2O. The molecule has 1 amide bonds. The topological polar surface area (TPSA) is 32.3 Å². The lowest BCUT2D eigenvalue weighted by molar-refractivity contribution is -0.137. The molecule has 116 valence electrons. The summed E-state index contributed by atoms with van der Waals surface area (Å²) in [5.74, 6) is -0.256. The molecule has 1 atom stereocenters. The molecular weight excluding hydrogens is 281 g/mol. The Kier molecular flexibility index (Phi) is 4.88. The van der Waals surface area contributed by atoms with Gasteiger partial charge in [-0.1, -0.05) is 6.07 Å². The van der Waals surface area contributed by atoms with Crippen molar-refractivity contribution in [3.63, 3.8) is 0 Å². The van der Waals surface area contributed by atoms with E-state index in [1.165, 1.54) is 12.1 Å². The number of halogens is 3. The first-order chi connectivity index (χ1) is 9.86. The molecule has 21 heavy (non-hydrogen) atoms. The summed E-state index contributed by atoms with van der Waals surface area (Å²) in [5.41, 5.74) is -0.573. The minimum atomic E-state index is -4.40. The highest BCUT2D eigenvalue weighted by molar-refractivity contribution is 5.91. The van der Waals surface area contributed by atoms with Gasteiger partial charge >= 0.3 is 6.18 Å². The highest BCUT2D eigenvalue weighted by Crippen LogP contribution is 2.30. The Morgan fingerprint density at radius 2 is 2.00 bits per heavy atom. The zero-order chi connectivity index (χ0) is 15.5. The summed E-state index contributed by atoms with van der Waals surface area (Å²) in [6.07, 6.45) is -1.83. The number of amides is 1. The molecule has 1 heterocycles. The SMILES string of the molecule is C[C@@H](CC(=O)Nc1cccc(C(F)(F)F)c1)N1CCCC1. The molecule has 0 unspecified atom stereocenters. The summed E-state index contributed by atoms with van der Waals surface area (Å²) in [5, 5.41) is 2.54. The van der Waals surface area contributed by atoms with E-state index in [-0.39, 0.29) is 24.1 Å². The van der Waals surface area contributed by atoms with Crippen LogP contribution in [0.15, 0.2) is 24.3 Å². The minimum Gasteiger partial charge on any atom is -0.326 e. The van der Waals surface area contributed by atoms with Crippen LogP contribution in [0.1, 0.15) is 31.7 Å². The van der Waals surface area contributed by atoms with Gasteiger partial charge in [0.2, 0.25) is 5.91 Å². The fourth-order valence-corrected chi connectivity index (χ4v) is 2.57. The molecule has 1 aromatic rings. The Morgan fingerprint density at radius 1 is 1.33 bits per heavy atom. The van der Waals surface area contributed by atoms with Gasteiger partial charge in [0, 0.05) is 18.2 Å². The van der Waals surface area contributed by atoms with Gasteiger partial charge in [0.05, 0.1) is 5.56 Å². The Balaban J connectivity index is 1.93. The number of rotatable bonds is 4. The normalized spacial score (nSPS) is 17.7. The molecule has 0 aromatic heterocycles. The van der Waals surface area contributed by atoms with Crippen molar-refractivity contribution in [3.05, 3.63) is 29.8 Å². The lowest BCUT2D eigenvalue weighted by atomic mass is 10.1. The first-order valence-corrected chi connectivity index (χ1v) is 7.07. The summed E-state index contributed by atoms with van der Waals surface area (Å²) in [4.78, 5) is 14.1. The van der Waals surface area contributed by atoms with Crippen LogP contribution in [-0.2, 0) is 11.0 Å². The number of hydrogen-bond donors (Lipinski definition) is 1. The van der Waals surface area contributed by atoms with Crippen LogP contribution < -0.4 is 5.32 Å². The molecule has 0 radical (unpaired) electrons. The summed E-state index contributed by atoms with van der Waals surface area (Å²) in [6.45, 7) is 3.94. The van der Waals surface area contributed by atoms with Crippen LogP contribution in [0.5, 0.6) is 0 Å². The van der Waals surface area contributed by atoms with Crippen LogP contribution in [0.3, 0.4) is 0 Å². The number of hydrogen-bond acceptors (Lipinski definition) is 2. The molecule has 1 saturated heterocycles. The molecule has 0 aliphatic carbocycles. The molecule has 2 rings (SSSR count). The van der Waals surface area contributed by atoms with E-state index in [1.807, 2.05) is 6.92 Å². The molecule has 1 aromatic carbocycles. The number of alkyl halides is 3. The third kappa shape index (κ3) is 4.46. The fraction of sp³-hybridized carbons (Fsp3) is 0.533. The molecule has 6 heteroatoms. The number of anilines is 1. The fourth-order valence-electron chi connectivity index (χ4n) is 2.57. The van der Waals surface area contributed by atoms with Crippen LogP contribution in [0.25, 0.3) is 0 Å². The van der Waals surface area contributed by atoms with Crippen LogP contribution in [0.2, 0.25) is 0 Å². The van der Waals surface area contributed by atoms with Gasteiger partial charge in [-0.25, -0.2) is 0 Å². The van der Waals surface area contributed by atoms with E-state index >= 15 is 0 Å². The number of carbonyl (C=O) groups excluding carboxylic acids is 1. The number of benzene rings is 1. The molecule has 0 spiro atoms. The lowest BCUT2D eigenvalue weighted by Crippen LogP contribution is -2.33. The van der Waals surface area contributed by atoms with E-state index in [1.54, 1.807) is 0 Å². The molecule has 3 nitrogen and oxygen atoms in total. The number of nitrogens with zero attached hydrogens (tertiary/aromatic N) is 1. The number of nitrogens with one attached hydrogen (secondary N) is 1. The van der Waals surface area contributed by atoms with Gasteiger partial charge in [0.25, 0.3) is 0 Å². The lowest BCUT2D eigenvalue weighted by Gasteiger charge is -2.23. The van der Waals surface area contributed by atoms with Crippen molar-refractivity contribution in [2.75, 3.05) is 18.4 Å². The van der Waals surface area contributed by atoms with Gasteiger partial charge in [-0.3, -0.25) is 4.79 Å². The summed E-state index contributed by atoms with van der Waals surface area (Å²) >= 11 is 0. The molecule has 0 saturated carbocycles. The summed E-state index contributed by atoms with van der Waals surface area (Å²) in [7, 11) is 0. The molecule has 1 fully saturated rings. The zero-order valence-corrected chi connectivity index (χ0v) is 11.9. The van der Waals surface area contributed by atoms with Crippen LogP contribution in [0, 0.1) is 0 Å². The zero-order valence-electron chi connectivity index (χ0n) is 11.9. The van der Waals surface area contributed by atoms with Crippen LogP contribution in [-0.4, -0.2) is 29.9 Å². The van der Waals surface area contributed by atoms with Gasteiger partial charge in [-0.05, 0) is 51.1 Å². The first-order valence-electron chi connectivity index (χ1n) is 7.07. The Labute approximate surface area is 122 Å². The standard InChI is InChI=1S/C15H19F3N2O/c1-11(20-7-2-3-8-20)9-14(21)19-13-6-4-5-12(10-13)15(16,17)18/h4-6,10-11H,2-3,7-9H2,1H3,(H,19,21)/t11-/m0/s1. The van der Waals surface area contributed by atoms with Gasteiger partial charge in [0.15, 0.2) is 0 Å². The van der Waals surface area contributed by atoms with E-state index in [2.05, 4.69) is 10.2 Å². The van der Waals surface area contributed by atoms with Crippen molar-refractivity contribution in [2.24, 2.45) is 0 Å². The highest BCUT2D eigenvalue weighted by atomic mass is 19.4. The number of likely N-dealkylation sites (tertiary alicyclic amines) is 1. The maximum atomic E-state index is 12.6. The largest absolute Gasteiger partial charge is 0.416 e. The van der Waals surface area contributed by atoms with Crippen molar-refractivity contribution in [1.82, 2.24) is 4.90 Å². The second kappa shape index (κ2) is 6.47. The van der Waals surface area contributed by atoms with Crippen molar-refractivity contribution in [2.45, 2.75) is 38.4 Å². The second-order valence-electron chi connectivity index (χ2n) is 5.42. The van der Waals surface area contributed by atoms with E-state index < -0.39 is 11.7 Å². The predicted molar refractivity (Wildman–Crippen MR) is 75.0 cm³/mol. The van der Waals surface area contributed by atoms with Crippen molar-refractivity contribution in [1.29, 1.82) is 0 Å². The van der Waals surface area contributed by atoms with Gasteiger partial charge in [0.1, 0.15) is 0 Å². The molecule has 1 aliphatic heterocycles. The van der Waals surface area contributed by atoms with Crippen molar-refractivity contribution >= 4 is 11.6 Å². The van der Waals surface area contributed by atoms with E-state index in [0.717, 1.165) is 38.1 Å². The smallest absolute Gasteiger partial charge is 0.326 e. The molecule has 0 bridgehead atoms. The van der Waals surface area contributed by atoms with Gasteiger partial charge in [-0.2, -0.15) is 13.2 Å². The first kappa shape index (κ1) is 15.8.